The van der Waals surface area contributed by atoms with Crippen LogP contribution in [0.3, 0.4) is 0 Å². The van der Waals surface area contributed by atoms with Crippen molar-refractivity contribution in [3.8, 4) is 5.75 Å². The summed E-state index contributed by atoms with van der Waals surface area (Å²) in [6.07, 6.45) is 11.5. The molecule has 1 aliphatic rings. The van der Waals surface area contributed by atoms with Gasteiger partial charge in [0.25, 0.3) is 5.91 Å². The molecule has 0 atom stereocenters. The highest BCUT2D eigenvalue weighted by Crippen LogP contribution is 2.23. The monoisotopic (exact) mass is 502 g/mol. The molecular formula is C30H38N4O3. The van der Waals surface area contributed by atoms with Gasteiger partial charge in [-0.15, -0.1) is 0 Å². The standard InChI is InChI=1S/C30H38N4O3/c1-7-24(21-33-15-17-34(18-16-33)29(35)30(5,6)36)20-26-11-12-27(19-22(26)3)37-23(4)9-10-25(8-2)28-13-14-31-32-28/h7-14,19-20,36H,1,4,15-18,21H2,2-3,5-6H3,(H,31,32)/b10-9-,24-20+,25-8+. The van der Waals surface area contributed by atoms with Gasteiger partial charge in [0.15, 0.2) is 0 Å². The predicted molar refractivity (Wildman–Crippen MR) is 150 cm³/mol. The first kappa shape index (κ1) is 27.9. The summed E-state index contributed by atoms with van der Waals surface area (Å²) >= 11 is 0. The Morgan fingerprint density at radius 1 is 1.22 bits per heavy atom. The summed E-state index contributed by atoms with van der Waals surface area (Å²) < 4.78 is 5.94. The topological polar surface area (TPSA) is 81.7 Å². The van der Waals surface area contributed by atoms with Gasteiger partial charge in [-0.05, 0) is 80.3 Å². The Hall–Kier alpha value is -3.68. The van der Waals surface area contributed by atoms with Crippen molar-refractivity contribution in [2.24, 2.45) is 0 Å². The van der Waals surface area contributed by atoms with Gasteiger partial charge in [-0.1, -0.05) is 37.5 Å². The van der Waals surface area contributed by atoms with Gasteiger partial charge in [-0.3, -0.25) is 14.8 Å². The molecule has 2 N–H and O–H groups in total. The Bertz CT molecular complexity index is 1190. The number of benzene rings is 1. The Morgan fingerprint density at radius 3 is 2.51 bits per heavy atom. The van der Waals surface area contributed by atoms with Gasteiger partial charge in [-0.25, -0.2) is 0 Å². The maximum Gasteiger partial charge on any atom is 0.254 e. The van der Waals surface area contributed by atoms with E-state index in [0.717, 1.165) is 53.4 Å². The Kier molecular flexibility index (Phi) is 9.44. The third-order valence-corrected chi connectivity index (χ3v) is 6.25. The van der Waals surface area contributed by atoms with Gasteiger partial charge in [-0.2, -0.15) is 5.10 Å². The smallest absolute Gasteiger partial charge is 0.254 e. The summed E-state index contributed by atoms with van der Waals surface area (Å²) in [6.45, 7) is 18.6. The molecule has 0 unspecified atom stereocenters. The molecule has 0 saturated carbocycles. The van der Waals surface area contributed by atoms with Crippen LogP contribution < -0.4 is 4.74 Å². The largest absolute Gasteiger partial charge is 0.458 e. The molecule has 196 valence electrons. The van der Waals surface area contributed by atoms with E-state index in [9.17, 15) is 9.90 Å². The number of amides is 1. The fourth-order valence-corrected chi connectivity index (χ4v) is 4.12. The van der Waals surface area contributed by atoms with Gasteiger partial charge in [0.05, 0.1) is 5.69 Å². The number of piperazine rings is 1. The molecule has 7 heteroatoms. The number of carbonyl (C=O) groups is 1. The molecule has 7 nitrogen and oxygen atoms in total. The number of nitrogens with one attached hydrogen (secondary N) is 1. The van der Waals surface area contributed by atoms with Gasteiger partial charge < -0.3 is 14.7 Å². The number of rotatable bonds is 10. The van der Waals surface area contributed by atoms with E-state index >= 15 is 0 Å². The van der Waals surface area contributed by atoms with Crippen molar-refractivity contribution >= 4 is 17.6 Å². The number of hydrogen-bond donors (Lipinski definition) is 2. The molecular weight excluding hydrogens is 464 g/mol. The number of hydrogen-bond acceptors (Lipinski definition) is 5. The van der Waals surface area contributed by atoms with Crippen LogP contribution >= 0.6 is 0 Å². The lowest BCUT2D eigenvalue weighted by Crippen LogP contribution is -2.54. The van der Waals surface area contributed by atoms with Crippen molar-refractivity contribution in [2.45, 2.75) is 33.3 Å². The maximum atomic E-state index is 12.3. The van der Waals surface area contributed by atoms with Crippen LogP contribution in [-0.2, 0) is 4.79 Å². The summed E-state index contributed by atoms with van der Waals surface area (Å²) in [7, 11) is 0. The Labute approximate surface area is 220 Å². The second-order valence-corrected chi connectivity index (χ2v) is 9.69. The third-order valence-electron chi connectivity index (χ3n) is 6.25. The fourth-order valence-electron chi connectivity index (χ4n) is 4.12. The number of carbonyl (C=O) groups excluding carboxylic acids is 1. The zero-order valence-electron chi connectivity index (χ0n) is 22.3. The SMILES string of the molecule is C=C/C(=C\c1ccc(OC(=C)/C=C\C(=C/C)c2ccn[nH]2)cc1C)CN1CCN(C(=O)C(C)(C)O)CC1. The second-order valence-electron chi connectivity index (χ2n) is 9.69. The van der Waals surface area contributed by atoms with Gasteiger partial charge in [0.1, 0.15) is 17.1 Å². The van der Waals surface area contributed by atoms with Crippen LogP contribution in [0.2, 0.25) is 0 Å². The predicted octanol–water partition coefficient (Wildman–Crippen LogP) is 4.75. The van der Waals surface area contributed by atoms with Crippen molar-refractivity contribution in [3.05, 3.63) is 96.1 Å². The van der Waals surface area contributed by atoms with Gasteiger partial charge >= 0.3 is 0 Å². The van der Waals surface area contributed by atoms with Crippen molar-refractivity contribution in [1.82, 2.24) is 20.0 Å². The molecule has 1 saturated heterocycles. The maximum absolute atomic E-state index is 12.3. The minimum Gasteiger partial charge on any atom is -0.458 e. The molecule has 37 heavy (non-hydrogen) atoms. The van der Waals surface area contributed by atoms with Crippen molar-refractivity contribution < 1.29 is 14.6 Å². The second kappa shape index (κ2) is 12.5. The average Bonchev–Trinajstić information content (AvgIpc) is 3.40. The van der Waals surface area contributed by atoms with E-state index in [2.05, 4.69) is 41.3 Å². The first-order valence-electron chi connectivity index (χ1n) is 12.5. The number of nitrogens with zero attached hydrogens (tertiary/aromatic N) is 3. The highest BCUT2D eigenvalue weighted by atomic mass is 16.5. The van der Waals surface area contributed by atoms with Crippen molar-refractivity contribution in [2.75, 3.05) is 32.7 Å². The number of H-pyrrole nitrogens is 1. The lowest BCUT2D eigenvalue weighted by molar-refractivity contribution is -0.149. The molecule has 2 aromatic rings. The van der Waals surface area contributed by atoms with Crippen LogP contribution in [0.4, 0.5) is 0 Å². The molecule has 2 heterocycles. The number of aliphatic hydroxyl groups is 1. The summed E-state index contributed by atoms with van der Waals surface area (Å²) in [5.41, 5.74) is 3.88. The Balaban J connectivity index is 1.58. The molecule has 1 aliphatic heterocycles. The van der Waals surface area contributed by atoms with Crippen LogP contribution in [0.5, 0.6) is 5.75 Å². The fraction of sp³-hybridized carbons (Fsp3) is 0.333. The van der Waals surface area contributed by atoms with Crippen LogP contribution in [0.25, 0.3) is 11.6 Å². The summed E-state index contributed by atoms with van der Waals surface area (Å²) in [5.74, 6) is 1.04. The van der Waals surface area contributed by atoms with Crippen LogP contribution in [0.1, 0.15) is 37.6 Å². The van der Waals surface area contributed by atoms with Crippen LogP contribution in [0, 0.1) is 6.92 Å². The number of aryl methyl sites for hydroxylation is 1. The number of ether oxygens (including phenoxy) is 1. The minimum atomic E-state index is -1.33. The molecule has 3 rings (SSSR count). The Morgan fingerprint density at radius 2 is 1.95 bits per heavy atom. The quantitative estimate of drug-likeness (QED) is 0.362. The summed E-state index contributed by atoms with van der Waals surface area (Å²) in [5, 5.41) is 16.9. The van der Waals surface area contributed by atoms with E-state index in [0.29, 0.717) is 18.8 Å². The van der Waals surface area contributed by atoms with Gasteiger partial charge in [0.2, 0.25) is 0 Å². The highest BCUT2D eigenvalue weighted by molar-refractivity contribution is 5.84. The van der Waals surface area contributed by atoms with Crippen LogP contribution in [-0.4, -0.2) is 69.3 Å². The average molecular weight is 503 g/mol. The molecule has 0 radical (unpaired) electrons. The summed E-state index contributed by atoms with van der Waals surface area (Å²) in [6, 6.07) is 7.88. The lowest BCUT2D eigenvalue weighted by atomic mass is 10.0. The van der Waals surface area contributed by atoms with E-state index in [1.165, 1.54) is 13.8 Å². The van der Waals surface area contributed by atoms with Crippen molar-refractivity contribution in [3.63, 3.8) is 0 Å². The molecule has 0 bridgehead atoms. The van der Waals surface area contributed by atoms with E-state index in [-0.39, 0.29) is 5.91 Å². The van der Waals surface area contributed by atoms with E-state index in [1.54, 1.807) is 11.1 Å². The molecule has 1 fully saturated rings. The first-order valence-corrected chi connectivity index (χ1v) is 12.5. The number of aromatic nitrogens is 2. The zero-order valence-corrected chi connectivity index (χ0v) is 22.3. The lowest BCUT2D eigenvalue weighted by Gasteiger charge is -2.37. The third kappa shape index (κ3) is 7.90. The van der Waals surface area contributed by atoms with Gasteiger partial charge in [0, 0.05) is 38.9 Å². The number of aromatic amines is 1. The molecule has 0 spiro atoms. The molecule has 1 aromatic heterocycles. The molecule has 1 amide bonds. The van der Waals surface area contributed by atoms with E-state index in [1.807, 2.05) is 55.5 Å². The normalized spacial score (nSPS) is 15.8. The molecule has 1 aromatic carbocycles. The first-order chi connectivity index (χ1) is 17.6. The van der Waals surface area contributed by atoms with E-state index < -0.39 is 5.60 Å². The molecule has 0 aliphatic carbocycles. The van der Waals surface area contributed by atoms with Crippen LogP contribution in [0.15, 0.2) is 79.3 Å². The zero-order chi connectivity index (χ0) is 27.0. The number of allylic oxidation sites excluding steroid dienone is 4. The van der Waals surface area contributed by atoms with Crippen molar-refractivity contribution in [1.29, 1.82) is 0 Å². The summed E-state index contributed by atoms with van der Waals surface area (Å²) in [4.78, 5) is 16.3. The van der Waals surface area contributed by atoms with E-state index in [4.69, 9.17) is 4.74 Å². The highest BCUT2D eigenvalue weighted by Gasteiger charge is 2.31. The minimum absolute atomic E-state index is 0.220.